The lowest BCUT2D eigenvalue weighted by atomic mass is 10.0. The van der Waals surface area contributed by atoms with E-state index >= 15 is 0 Å². The number of allylic oxidation sites excluding steroid dienone is 1. The Morgan fingerprint density at radius 3 is 3.07 bits per heavy atom. The third-order valence-electron chi connectivity index (χ3n) is 2.35. The van der Waals surface area contributed by atoms with Crippen LogP contribution in [-0.2, 0) is 9.47 Å². The quantitative estimate of drug-likeness (QED) is 0.514. The molecule has 1 saturated heterocycles. The van der Waals surface area contributed by atoms with Crippen LogP contribution in [0.1, 0.15) is 33.1 Å². The van der Waals surface area contributed by atoms with Crippen LogP contribution in [-0.4, -0.2) is 18.9 Å². The number of ether oxygens (including phenoxy) is 2. The van der Waals surface area contributed by atoms with E-state index in [4.69, 9.17) is 9.47 Å². The predicted molar refractivity (Wildman–Crippen MR) is 54.1 cm³/mol. The van der Waals surface area contributed by atoms with E-state index in [9.17, 15) is 4.79 Å². The Labute approximate surface area is 85.1 Å². The topological polar surface area (TPSA) is 35.5 Å². The molecular formula is C11H18O3. The first kappa shape index (κ1) is 11.1. The molecule has 0 radical (unpaired) electrons. The normalized spacial score (nSPS) is 24.4. The highest BCUT2D eigenvalue weighted by molar-refractivity contribution is 5.60. The van der Waals surface area contributed by atoms with Crippen molar-refractivity contribution in [3.63, 3.8) is 0 Å². The minimum atomic E-state index is -0.531. The third-order valence-corrected chi connectivity index (χ3v) is 2.35. The van der Waals surface area contributed by atoms with Crippen LogP contribution >= 0.6 is 0 Å². The molecule has 0 aromatic rings. The van der Waals surface area contributed by atoms with Gasteiger partial charge in [-0.2, -0.15) is 0 Å². The molecule has 1 aliphatic heterocycles. The fourth-order valence-electron chi connectivity index (χ4n) is 1.45. The summed E-state index contributed by atoms with van der Waals surface area (Å²) < 4.78 is 9.77. The second kappa shape index (κ2) is 5.68. The fourth-order valence-corrected chi connectivity index (χ4v) is 1.45. The number of cyclic esters (lactones) is 2. The second-order valence-corrected chi connectivity index (χ2v) is 3.62. The highest BCUT2D eigenvalue weighted by Crippen LogP contribution is 2.18. The lowest BCUT2D eigenvalue weighted by molar-refractivity contribution is -0.0345. The van der Waals surface area contributed by atoms with Crippen LogP contribution in [0.4, 0.5) is 4.79 Å². The van der Waals surface area contributed by atoms with E-state index in [1.807, 2.05) is 0 Å². The van der Waals surface area contributed by atoms with Crippen LogP contribution < -0.4 is 0 Å². The zero-order valence-electron chi connectivity index (χ0n) is 8.86. The van der Waals surface area contributed by atoms with Crippen molar-refractivity contribution in [2.45, 2.75) is 39.2 Å². The molecule has 0 unspecified atom stereocenters. The van der Waals surface area contributed by atoms with Gasteiger partial charge in [0.25, 0.3) is 0 Å². The molecular weight excluding hydrogens is 180 g/mol. The SMILES string of the molecule is CCC/C=C/[C@@H](C)[C@H]1CCOC(=O)O1. The van der Waals surface area contributed by atoms with Gasteiger partial charge < -0.3 is 9.47 Å². The van der Waals surface area contributed by atoms with Crippen molar-refractivity contribution in [2.24, 2.45) is 5.92 Å². The molecule has 2 atom stereocenters. The first-order valence-corrected chi connectivity index (χ1v) is 5.24. The molecule has 0 spiro atoms. The molecule has 0 aliphatic carbocycles. The molecule has 1 aliphatic rings. The van der Waals surface area contributed by atoms with Gasteiger partial charge in [-0.3, -0.25) is 0 Å². The lowest BCUT2D eigenvalue weighted by Gasteiger charge is -2.25. The Hall–Kier alpha value is -0.990. The summed E-state index contributed by atoms with van der Waals surface area (Å²) in [5, 5.41) is 0. The third kappa shape index (κ3) is 3.40. The van der Waals surface area contributed by atoms with Gasteiger partial charge >= 0.3 is 6.16 Å². The van der Waals surface area contributed by atoms with Gasteiger partial charge in [0.1, 0.15) is 6.10 Å². The van der Waals surface area contributed by atoms with Crippen molar-refractivity contribution in [2.75, 3.05) is 6.61 Å². The van der Waals surface area contributed by atoms with Crippen molar-refractivity contribution in [1.82, 2.24) is 0 Å². The van der Waals surface area contributed by atoms with Crippen LogP contribution in [0.5, 0.6) is 0 Å². The van der Waals surface area contributed by atoms with Gasteiger partial charge in [-0.15, -0.1) is 0 Å². The van der Waals surface area contributed by atoms with Crippen LogP contribution in [0, 0.1) is 5.92 Å². The highest BCUT2D eigenvalue weighted by Gasteiger charge is 2.25. The molecule has 1 fully saturated rings. The maximum absolute atomic E-state index is 10.8. The average Bonchev–Trinajstić information content (AvgIpc) is 2.18. The van der Waals surface area contributed by atoms with Gasteiger partial charge in [0.15, 0.2) is 0 Å². The monoisotopic (exact) mass is 198 g/mol. The van der Waals surface area contributed by atoms with E-state index < -0.39 is 6.16 Å². The molecule has 0 saturated carbocycles. The van der Waals surface area contributed by atoms with E-state index in [2.05, 4.69) is 26.0 Å². The summed E-state index contributed by atoms with van der Waals surface area (Å²) >= 11 is 0. The van der Waals surface area contributed by atoms with Crippen molar-refractivity contribution in [3.8, 4) is 0 Å². The molecule has 3 nitrogen and oxygen atoms in total. The largest absolute Gasteiger partial charge is 0.508 e. The van der Waals surface area contributed by atoms with Crippen LogP contribution in [0.3, 0.4) is 0 Å². The lowest BCUT2D eigenvalue weighted by Crippen LogP contribution is -2.31. The number of carbonyl (C=O) groups is 1. The maximum atomic E-state index is 10.8. The molecule has 0 aromatic heterocycles. The number of carbonyl (C=O) groups excluding carboxylic acids is 1. The molecule has 1 heterocycles. The first-order chi connectivity index (χ1) is 6.74. The highest BCUT2D eigenvalue weighted by atomic mass is 16.7. The summed E-state index contributed by atoms with van der Waals surface area (Å²) in [5.41, 5.74) is 0. The number of hydrogen-bond donors (Lipinski definition) is 0. The Balaban J connectivity index is 2.35. The summed E-state index contributed by atoms with van der Waals surface area (Å²) in [6, 6.07) is 0. The minimum Gasteiger partial charge on any atom is -0.434 e. The molecule has 1 rings (SSSR count). The van der Waals surface area contributed by atoms with E-state index in [1.165, 1.54) is 0 Å². The van der Waals surface area contributed by atoms with E-state index in [1.54, 1.807) is 0 Å². The zero-order chi connectivity index (χ0) is 10.4. The van der Waals surface area contributed by atoms with Crippen molar-refractivity contribution < 1.29 is 14.3 Å². The van der Waals surface area contributed by atoms with Gasteiger partial charge in [0.2, 0.25) is 0 Å². The second-order valence-electron chi connectivity index (χ2n) is 3.62. The van der Waals surface area contributed by atoms with Gasteiger partial charge in [-0.05, 0) is 6.42 Å². The molecule has 0 amide bonds. The van der Waals surface area contributed by atoms with Crippen LogP contribution in [0.25, 0.3) is 0 Å². The maximum Gasteiger partial charge on any atom is 0.508 e. The van der Waals surface area contributed by atoms with Gasteiger partial charge in [-0.25, -0.2) is 4.79 Å². The Morgan fingerprint density at radius 2 is 2.43 bits per heavy atom. The fraction of sp³-hybridized carbons (Fsp3) is 0.727. The number of rotatable bonds is 4. The summed E-state index contributed by atoms with van der Waals surface area (Å²) in [6.45, 7) is 4.69. The van der Waals surface area contributed by atoms with Gasteiger partial charge in [-0.1, -0.05) is 32.4 Å². The summed E-state index contributed by atoms with van der Waals surface area (Å²) in [7, 11) is 0. The number of hydrogen-bond acceptors (Lipinski definition) is 3. The van der Waals surface area contributed by atoms with E-state index in [-0.39, 0.29) is 12.0 Å². The van der Waals surface area contributed by atoms with E-state index in [0.29, 0.717) is 6.61 Å². The number of unbranched alkanes of at least 4 members (excludes halogenated alkanes) is 1. The van der Waals surface area contributed by atoms with Crippen molar-refractivity contribution in [3.05, 3.63) is 12.2 Å². The molecule has 0 aromatic carbocycles. The molecule has 14 heavy (non-hydrogen) atoms. The Kier molecular flexibility index (Phi) is 4.50. The molecule has 3 heteroatoms. The standard InChI is InChI=1S/C11H18O3/c1-3-4-5-6-9(2)10-7-8-13-11(12)14-10/h5-6,9-10H,3-4,7-8H2,1-2H3/b6-5+/t9-,10-/m1/s1. The van der Waals surface area contributed by atoms with Gasteiger partial charge in [0.05, 0.1) is 6.61 Å². The van der Waals surface area contributed by atoms with Crippen molar-refractivity contribution >= 4 is 6.16 Å². The Morgan fingerprint density at radius 1 is 1.64 bits per heavy atom. The minimum absolute atomic E-state index is 0.00986. The van der Waals surface area contributed by atoms with Crippen LogP contribution in [0.2, 0.25) is 0 Å². The summed E-state index contributed by atoms with van der Waals surface area (Å²) in [6.07, 6.45) is 6.75. The summed E-state index contributed by atoms with van der Waals surface area (Å²) in [5.74, 6) is 0.286. The summed E-state index contributed by atoms with van der Waals surface area (Å²) in [4.78, 5) is 10.8. The van der Waals surface area contributed by atoms with E-state index in [0.717, 1.165) is 19.3 Å². The molecule has 0 N–H and O–H groups in total. The molecule has 80 valence electrons. The zero-order valence-corrected chi connectivity index (χ0v) is 8.86. The predicted octanol–water partition coefficient (Wildman–Crippen LogP) is 2.90. The van der Waals surface area contributed by atoms with Gasteiger partial charge in [0, 0.05) is 12.3 Å². The molecule has 0 bridgehead atoms. The van der Waals surface area contributed by atoms with Crippen LogP contribution in [0.15, 0.2) is 12.2 Å². The first-order valence-electron chi connectivity index (χ1n) is 5.24. The average molecular weight is 198 g/mol. The van der Waals surface area contributed by atoms with Crippen molar-refractivity contribution in [1.29, 1.82) is 0 Å². The Bertz CT molecular complexity index is 211. The smallest absolute Gasteiger partial charge is 0.434 e.